The predicted molar refractivity (Wildman–Crippen MR) is 122 cm³/mol. The largest absolute Gasteiger partial charge is 0.493 e. The first-order valence-electron chi connectivity index (χ1n) is 10.9. The molecular weight excluding hydrogens is 413 g/mol. The number of hydrogen-bond donors (Lipinski definition) is 2. The molecule has 174 valence electrons. The van der Waals surface area contributed by atoms with E-state index in [1.807, 2.05) is 19.1 Å². The third-order valence-corrected chi connectivity index (χ3v) is 5.12. The molecule has 32 heavy (non-hydrogen) atoms. The minimum absolute atomic E-state index is 0.197. The molecule has 3 rings (SSSR count). The van der Waals surface area contributed by atoms with Crippen molar-refractivity contribution in [1.82, 2.24) is 10.6 Å². The van der Waals surface area contributed by atoms with Crippen LogP contribution in [0.25, 0.3) is 0 Å². The Morgan fingerprint density at radius 2 is 1.97 bits per heavy atom. The lowest BCUT2D eigenvalue weighted by Gasteiger charge is -2.21. The summed E-state index contributed by atoms with van der Waals surface area (Å²) in [5.74, 6) is 2.68. The molecule has 0 aliphatic carbocycles. The Morgan fingerprint density at radius 1 is 1.12 bits per heavy atom. The van der Waals surface area contributed by atoms with Gasteiger partial charge in [0.15, 0.2) is 24.3 Å². The highest BCUT2D eigenvalue weighted by molar-refractivity contribution is 5.79. The Balaban J connectivity index is 1.43. The van der Waals surface area contributed by atoms with E-state index < -0.39 is 0 Å². The van der Waals surface area contributed by atoms with Crippen LogP contribution >= 0.6 is 0 Å². The monoisotopic (exact) mass is 445 g/mol. The molecule has 7 nitrogen and oxygen atoms in total. The SMILES string of the molecule is CCOc1cc(CCCNC(=NC)NCCc2cc(F)cc3c2OCOC3)ccc1OC. The number of halogens is 1. The molecular formula is C24H32FN3O4. The second-order valence-electron chi connectivity index (χ2n) is 7.36. The quantitative estimate of drug-likeness (QED) is 0.332. The molecule has 0 atom stereocenters. The van der Waals surface area contributed by atoms with E-state index in [4.69, 9.17) is 18.9 Å². The van der Waals surface area contributed by atoms with E-state index in [-0.39, 0.29) is 12.6 Å². The molecule has 1 aliphatic heterocycles. The van der Waals surface area contributed by atoms with Crippen LogP contribution < -0.4 is 24.8 Å². The van der Waals surface area contributed by atoms with Gasteiger partial charge < -0.3 is 29.6 Å². The number of ether oxygens (including phenoxy) is 4. The van der Waals surface area contributed by atoms with Crippen molar-refractivity contribution < 1.29 is 23.3 Å². The smallest absolute Gasteiger partial charge is 0.190 e. The van der Waals surface area contributed by atoms with E-state index >= 15 is 0 Å². The second-order valence-corrected chi connectivity index (χ2v) is 7.36. The van der Waals surface area contributed by atoms with Crippen molar-refractivity contribution in [3.05, 3.63) is 52.8 Å². The number of guanidine groups is 1. The second kappa shape index (κ2) is 12.1. The molecule has 0 spiro atoms. The molecule has 0 unspecified atom stereocenters. The molecule has 0 fully saturated rings. The molecule has 2 N–H and O–H groups in total. The van der Waals surface area contributed by atoms with Crippen molar-refractivity contribution in [3.8, 4) is 17.2 Å². The van der Waals surface area contributed by atoms with Gasteiger partial charge in [0.1, 0.15) is 11.6 Å². The summed E-state index contributed by atoms with van der Waals surface area (Å²) in [6.45, 7) is 4.50. The number of fused-ring (bicyclic) bond motifs is 1. The number of hydrogen-bond acceptors (Lipinski definition) is 5. The zero-order valence-corrected chi connectivity index (χ0v) is 19.0. The van der Waals surface area contributed by atoms with Gasteiger partial charge in [-0.25, -0.2) is 4.39 Å². The van der Waals surface area contributed by atoms with Gasteiger partial charge in [-0.3, -0.25) is 4.99 Å². The van der Waals surface area contributed by atoms with Crippen LogP contribution in [0.15, 0.2) is 35.3 Å². The van der Waals surface area contributed by atoms with Gasteiger partial charge in [0.2, 0.25) is 0 Å². The first kappa shape index (κ1) is 23.7. The van der Waals surface area contributed by atoms with Gasteiger partial charge in [-0.15, -0.1) is 0 Å². The fourth-order valence-corrected chi connectivity index (χ4v) is 3.62. The molecule has 2 aromatic rings. The molecule has 0 saturated carbocycles. The lowest BCUT2D eigenvalue weighted by atomic mass is 10.1. The molecule has 0 radical (unpaired) electrons. The van der Waals surface area contributed by atoms with E-state index in [0.717, 1.165) is 47.8 Å². The number of rotatable bonds is 10. The van der Waals surface area contributed by atoms with Gasteiger partial charge in [0.25, 0.3) is 0 Å². The molecule has 2 aromatic carbocycles. The minimum Gasteiger partial charge on any atom is -0.493 e. The van der Waals surface area contributed by atoms with E-state index in [1.165, 1.54) is 17.7 Å². The van der Waals surface area contributed by atoms with Crippen LogP contribution in [0.4, 0.5) is 4.39 Å². The van der Waals surface area contributed by atoms with Gasteiger partial charge in [-0.05, 0) is 61.6 Å². The van der Waals surface area contributed by atoms with Crippen LogP contribution in [0.2, 0.25) is 0 Å². The highest BCUT2D eigenvalue weighted by Gasteiger charge is 2.16. The normalized spacial score (nSPS) is 13.2. The zero-order chi connectivity index (χ0) is 22.8. The third kappa shape index (κ3) is 6.50. The number of aliphatic imine (C=N–C) groups is 1. The molecule has 0 bridgehead atoms. The van der Waals surface area contributed by atoms with Crippen molar-refractivity contribution in [3.63, 3.8) is 0 Å². The van der Waals surface area contributed by atoms with E-state index in [0.29, 0.717) is 32.1 Å². The van der Waals surface area contributed by atoms with Crippen LogP contribution in [0.1, 0.15) is 30.0 Å². The van der Waals surface area contributed by atoms with Crippen molar-refractivity contribution in [2.24, 2.45) is 4.99 Å². The Hall–Kier alpha value is -3.00. The molecule has 1 heterocycles. The summed E-state index contributed by atoms with van der Waals surface area (Å²) in [7, 11) is 3.38. The van der Waals surface area contributed by atoms with Crippen molar-refractivity contribution in [2.45, 2.75) is 32.8 Å². The fourth-order valence-electron chi connectivity index (χ4n) is 3.62. The number of aryl methyl sites for hydroxylation is 1. The molecule has 0 amide bonds. The summed E-state index contributed by atoms with van der Waals surface area (Å²) in [6.07, 6.45) is 2.46. The van der Waals surface area contributed by atoms with Crippen LogP contribution in [-0.4, -0.2) is 46.6 Å². The van der Waals surface area contributed by atoms with Crippen molar-refractivity contribution >= 4 is 5.96 Å². The number of methoxy groups -OCH3 is 1. The van der Waals surface area contributed by atoms with Gasteiger partial charge >= 0.3 is 0 Å². The summed E-state index contributed by atoms with van der Waals surface area (Å²) in [5.41, 5.74) is 2.77. The maximum absolute atomic E-state index is 13.9. The molecule has 8 heteroatoms. The number of nitrogens with zero attached hydrogens (tertiary/aromatic N) is 1. The van der Waals surface area contributed by atoms with Crippen molar-refractivity contribution in [1.29, 1.82) is 0 Å². The summed E-state index contributed by atoms with van der Waals surface area (Å²) >= 11 is 0. The lowest BCUT2D eigenvalue weighted by molar-refractivity contribution is -0.0172. The van der Waals surface area contributed by atoms with Gasteiger partial charge in [-0.2, -0.15) is 0 Å². The van der Waals surface area contributed by atoms with Gasteiger partial charge in [0.05, 0.1) is 20.3 Å². The highest BCUT2D eigenvalue weighted by Crippen LogP contribution is 2.30. The van der Waals surface area contributed by atoms with Crippen molar-refractivity contribution in [2.75, 3.05) is 40.6 Å². The van der Waals surface area contributed by atoms with Crippen LogP contribution in [0.5, 0.6) is 17.2 Å². The zero-order valence-electron chi connectivity index (χ0n) is 19.0. The standard InChI is InChI=1S/C24H32FN3O4/c1-4-31-22-12-17(7-8-21(22)29-3)6-5-10-27-24(26-2)28-11-9-18-13-20(25)14-19-15-30-16-32-23(18)19/h7-8,12-14H,4-6,9-11,15-16H2,1-3H3,(H2,26,27,28). The first-order chi connectivity index (χ1) is 15.6. The molecule has 0 saturated heterocycles. The summed E-state index contributed by atoms with van der Waals surface area (Å²) < 4.78 is 35.7. The maximum Gasteiger partial charge on any atom is 0.190 e. The van der Waals surface area contributed by atoms with Gasteiger partial charge in [-0.1, -0.05) is 6.07 Å². The van der Waals surface area contributed by atoms with E-state index in [1.54, 1.807) is 14.2 Å². The van der Waals surface area contributed by atoms with Crippen LogP contribution in [0, 0.1) is 5.82 Å². The highest BCUT2D eigenvalue weighted by atomic mass is 19.1. The Kier molecular flexibility index (Phi) is 8.98. The molecule has 0 aromatic heterocycles. The minimum atomic E-state index is -0.276. The summed E-state index contributed by atoms with van der Waals surface area (Å²) in [5, 5.41) is 6.60. The Bertz CT molecular complexity index is 920. The molecule has 1 aliphatic rings. The van der Waals surface area contributed by atoms with Crippen LogP contribution in [-0.2, 0) is 24.2 Å². The topological polar surface area (TPSA) is 73.3 Å². The number of benzene rings is 2. The summed E-state index contributed by atoms with van der Waals surface area (Å²) in [6, 6.07) is 9.01. The van der Waals surface area contributed by atoms with E-state index in [2.05, 4.69) is 21.7 Å². The Labute approximate surface area is 188 Å². The number of nitrogens with one attached hydrogen (secondary N) is 2. The average molecular weight is 446 g/mol. The maximum atomic E-state index is 13.9. The van der Waals surface area contributed by atoms with E-state index in [9.17, 15) is 4.39 Å². The lowest BCUT2D eigenvalue weighted by Crippen LogP contribution is -2.38. The van der Waals surface area contributed by atoms with Gasteiger partial charge in [0, 0.05) is 25.7 Å². The third-order valence-electron chi connectivity index (χ3n) is 5.12. The first-order valence-corrected chi connectivity index (χ1v) is 10.9. The fraction of sp³-hybridized carbons (Fsp3) is 0.458. The summed E-state index contributed by atoms with van der Waals surface area (Å²) in [4.78, 5) is 4.26. The Morgan fingerprint density at radius 3 is 2.75 bits per heavy atom. The van der Waals surface area contributed by atoms with Crippen LogP contribution in [0.3, 0.4) is 0 Å². The predicted octanol–water partition coefficient (Wildman–Crippen LogP) is 3.44. The average Bonchev–Trinajstić information content (AvgIpc) is 2.80.